The van der Waals surface area contributed by atoms with Crippen LogP contribution in [0.2, 0.25) is 0 Å². The lowest BCUT2D eigenvalue weighted by Crippen LogP contribution is -2.28. The highest BCUT2D eigenvalue weighted by molar-refractivity contribution is 7.89. The average molecular weight is 376 g/mol. The first-order chi connectivity index (χ1) is 11.5. The molecule has 0 aliphatic heterocycles. The van der Waals surface area contributed by atoms with Crippen LogP contribution >= 0.6 is 0 Å². The van der Waals surface area contributed by atoms with Gasteiger partial charge >= 0.3 is 11.9 Å². The molecule has 0 fully saturated rings. The minimum atomic E-state index is -5.01. The van der Waals surface area contributed by atoms with Crippen molar-refractivity contribution in [2.45, 2.75) is 18.0 Å². The van der Waals surface area contributed by atoms with E-state index in [9.17, 15) is 31.7 Å². The Morgan fingerprint density at radius 1 is 1.12 bits per heavy atom. The summed E-state index contributed by atoms with van der Waals surface area (Å²) >= 11 is 0. The Bertz CT molecular complexity index is 899. The van der Waals surface area contributed by atoms with Crippen LogP contribution < -0.4 is 9.72 Å². The number of halogens is 3. The summed E-state index contributed by atoms with van der Waals surface area (Å²) in [5.41, 5.74) is -3.27. The molecule has 0 unspecified atom stereocenters. The number of nitro benzene ring substituents is 1. The summed E-state index contributed by atoms with van der Waals surface area (Å²) in [6.45, 7) is 1.05. The molecule has 0 amide bonds. The maximum atomic E-state index is 13.1. The van der Waals surface area contributed by atoms with Gasteiger partial charge in [0.1, 0.15) is 5.56 Å². The molecule has 0 aromatic heterocycles. The van der Waals surface area contributed by atoms with Gasteiger partial charge in [-0.05, 0) is 35.6 Å². The number of nitrogens with zero attached hydrogens (tertiary/aromatic N) is 1. The van der Waals surface area contributed by atoms with E-state index in [0.29, 0.717) is 0 Å². The third-order valence-electron chi connectivity index (χ3n) is 3.13. The van der Waals surface area contributed by atoms with Crippen LogP contribution in [0.1, 0.15) is 11.1 Å². The molecule has 0 radical (unpaired) electrons. The molecule has 2 aromatic carbocycles. The van der Waals surface area contributed by atoms with E-state index >= 15 is 0 Å². The molecule has 1 N–H and O–H groups in total. The number of sulfonamides is 1. The molecule has 0 saturated heterocycles. The number of nitrogens with one attached hydrogen (secondary N) is 1. The summed E-state index contributed by atoms with van der Waals surface area (Å²) in [6, 6.07) is 8.67. The van der Waals surface area contributed by atoms with Crippen LogP contribution in [0.15, 0.2) is 47.4 Å². The zero-order valence-electron chi connectivity index (χ0n) is 12.6. The van der Waals surface area contributed by atoms with E-state index in [4.69, 9.17) is 0 Å². The number of hydrogen-bond acceptors (Lipinski definition) is 5. The first kappa shape index (κ1) is 18.7. The highest BCUT2D eigenvalue weighted by Gasteiger charge is 2.42. The Balaban J connectivity index is 2.43. The number of alkyl halides is 3. The van der Waals surface area contributed by atoms with E-state index < -0.39 is 43.7 Å². The van der Waals surface area contributed by atoms with Gasteiger partial charge in [0.2, 0.25) is 5.75 Å². The molecule has 134 valence electrons. The summed E-state index contributed by atoms with van der Waals surface area (Å²) in [5, 5.41) is 11.1. The van der Waals surface area contributed by atoms with Gasteiger partial charge in [-0.1, -0.05) is 24.3 Å². The molecule has 0 saturated carbocycles. The summed E-state index contributed by atoms with van der Waals surface area (Å²) in [5.74, 6) is -0.873. The van der Waals surface area contributed by atoms with E-state index in [2.05, 4.69) is 4.84 Å². The smallest absolute Gasteiger partial charge is 0.386 e. The molecule has 0 aliphatic rings. The second-order valence-corrected chi connectivity index (χ2v) is 6.51. The minimum Gasteiger partial charge on any atom is -0.386 e. The Labute approximate surface area is 140 Å². The highest BCUT2D eigenvalue weighted by atomic mass is 32.2. The molecular formula is C14H11F3N2O5S. The molecule has 0 spiro atoms. The van der Waals surface area contributed by atoms with Crippen LogP contribution in [-0.4, -0.2) is 13.3 Å². The van der Waals surface area contributed by atoms with E-state index in [-0.39, 0.29) is 4.90 Å². The number of hydrogen-bond donors (Lipinski definition) is 1. The molecule has 0 aliphatic carbocycles. The van der Waals surface area contributed by atoms with Crippen molar-refractivity contribution in [2.24, 2.45) is 0 Å². The standard InChI is InChI=1S/C14H11F3N2O5S/c1-9-7-8-11(13(19(20)21)12(9)14(15,16)17)24-18-25(22,23)10-5-3-2-4-6-10/h2-8,18H,1H3. The van der Waals surface area contributed by atoms with Crippen LogP contribution in [0.25, 0.3) is 0 Å². The van der Waals surface area contributed by atoms with Crippen molar-refractivity contribution in [1.82, 2.24) is 4.89 Å². The van der Waals surface area contributed by atoms with Gasteiger partial charge in [0, 0.05) is 0 Å². The zero-order chi connectivity index (χ0) is 18.8. The number of nitro groups is 1. The van der Waals surface area contributed by atoms with Crippen molar-refractivity contribution in [3.8, 4) is 5.75 Å². The fourth-order valence-electron chi connectivity index (χ4n) is 2.04. The predicted octanol–water partition coefficient (Wildman–Crippen LogP) is 3.19. The maximum Gasteiger partial charge on any atom is 0.423 e. The average Bonchev–Trinajstić information content (AvgIpc) is 2.53. The van der Waals surface area contributed by atoms with E-state index in [1.807, 2.05) is 0 Å². The molecule has 0 bridgehead atoms. The Hall–Kier alpha value is -2.66. The van der Waals surface area contributed by atoms with Crippen molar-refractivity contribution >= 4 is 15.7 Å². The summed E-state index contributed by atoms with van der Waals surface area (Å²) < 4.78 is 63.3. The Morgan fingerprint density at radius 3 is 2.24 bits per heavy atom. The van der Waals surface area contributed by atoms with Gasteiger partial charge in [-0.25, -0.2) is 8.42 Å². The SMILES string of the molecule is Cc1ccc(ONS(=O)(=O)c2ccccc2)c([N+](=O)[O-])c1C(F)(F)F. The fourth-order valence-corrected chi connectivity index (χ4v) is 2.85. The maximum absolute atomic E-state index is 13.1. The number of aryl methyl sites for hydroxylation is 1. The molecule has 0 atom stereocenters. The Morgan fingerprint density at radius 2 is 1.72 bits per heavy atom. The van der Waals surface area contributed by atoms with Gasteiger partial charge in [0.25, 0.3) is 10.0 Å². The lowest BCUT2D eigenvalue weighted by Gasteiger charge is -2.14. The van der Waals surface area contributed by atoms with Gasteiger partial charge in [-0.3, -0.25) is 10.1 Å². The lowest BCUT2D eigenvalue weighted by molar-refractivity contribution is -0.389. The van der Waals surface area contributed by atoms with Crippen molar-refractivity contribution in [3.05, 3.63) is 63.7 Å². The lowest BCUT2D eigenvalue weighted by atomic mass is 10.1. The van der Waals surface area contributed by atoms with Crippen LogP contribution in [-0.2, 0) is 16.2 Å². The second-order valence-electron chi connectivity index (χ2n) is 4.86. The van der Waals surface area contributed by atoms with Crippen LogP contribution in [0.4, 0.5) is 18.9 Å². The topological polar surface area (TPSA) is 98.5 Å². The first-order valence-electron chi connectivity index (χ1n) is 6.63. The second kappa shape index (κ2) is 6.69. The summed E-state index contributed by atoms with van der Waals surface area (Å²) in [6.07, 6.45) is -5.01. The zero-order valence-corrected chi connectivity index (χ0v) is 13.4. The third kappa shape index (κ3) is 4.06. The van der Waals surface area contributed by atoms with Crippen LogP contribution in [0.3, 0.4) is 0 Å². The van der Waals surface area contributed by atoms with E-state index in [1.54, 1.807) is 11.0 Å². The first-order valence-corrected chi connectivity index (χ1v) is 8.11. The highest BCUT2D eigenvalue weighted by Crippen LogP contribution is 2.43. The van der Waals surface area contributed by atoms with Crippen LogP contribution in [0.5, 0.6) is 5.75 Å². The van der Waals surface area contributed by atoms with Crippen molar-refractivity contribution in [2.75, 3.05) is 0 Å². The predicted molar refractivity (Wildman–Crippen MR) is 80.2 cm³/mol. The monoisotopic (exact) mass is 376 g/mol. The van der Waals surface area contributed by atoms with E-state index in [0.717, 1.165) is 19.1 Å². The molecule has 25 heavy (non-hydrogen) atoms. The van der Waals surface area contributed by atoms with Gasteiger partial charge in [-0.15, -0.1) is 0 Å². The van der Waals surface area contributed by atoms with E-state index in [1.165, 1.54) is 24.3 Å². The molecule has 11 heteroatoms. The molecule has 7 nitrogen and oxygen atoms in total. The van der Waals surface area contributed by atoms with Crippen molar-refractivity contribution in [3.63, 3.8) is 0 Å². The van der Waals surface area contributed by atoms with Crippen LogP contribution in [0, 0.1) is 17.0 Å². The molecule has 0 heterocycles. The number of benzene rings is 2. The fraction of sp³-hybridized carbons (Fsp3) is 0.143. The normalized spacial score (nSPS) is 12.0. The molecule has 2 rings (SSSR count). The van der Waals surface area contributed by atoms with Crippen molar-refractivity contribution < 1.29 is 31.3 Å². The minimum absolute atomic E-state index is 0.221. The largest absolute Gasteiger partial charge is 0.423 e. The van der Waals surface area contributed by atoms with Gasteiger partial charge < -0.3 is 4.84 Å². The third-order valence-corrected chi connectivity index (χ3v) is 4.33. The molecule has 2 aromatic rings. The molecular weight excluding hydrogens is 365 g/mol. The van der Waals surface area contributed by atoms with Crippen molar-refractivity contribution in [1.29, 1.82) is 0 Å². The van der Waals surface area contributed by atoms with Gasteiger partial charge in [-0.2, -0.15) is 13.2 Å². The summed E-state index contributed by atoms with van der Waals surface area (Å²) in [4.78, 5) is 15.8. The number of rotatable bonds is 5. The van der Waals surface area contributed by atoms with Gasteiger partial charge in [0.05, 0.1) is 9.82 Å². The Kier molecular flexibility index (Phi) is 4.99. The van der Waals surface area contributed by atoms with Gasteiger partial charge in [0.15, 0.2) is 0 Å². The summed E-state index contributed by atoms with van der Waals surface area (Å²) in [7, 11) is -4.24. The quantitative estimate of drug-likeness (QED) is 0.638.